The predicted octanol–water partition coefficient (Wildman–Crippen LogP) is 1.32. The number of hydrogen-bond donors (Lipinski definition) is 1. The lowest BCUT2D eigenvalue weighted by molar-refractivity contribution is 0.0748. The van der Waals surface area contributed by atoms with Crippen molar-refractivity contribution in [3.05, 3.63) is 42.4 Å². The van der Waals surface area contributed by atoms with Crippen molar-refractivity contribution in [3.8, 4) is 5.88 Å². The van der Waals surface area contributed by atoms with Crippen molar-refractivity contribution in [2.75, 3.05) is 38.2 Å². The fraction of sp³-hybridized carbons (Fsp3) is 0.294. The first-order valence-electron chi connectivity index (χ1n) is 8.09. The Hall–Kier alpha value is -3.16. The van der Waals surface area contributed by atoms with Crippen molar-refractivity contribution < 1.29 is 9.53 Å². The Balaban J connectivity index is 1.47. The number of methoxy groups -OCH3 is 1. The number of carbonyl (C=O) groups is 1. The zero-order chi connectivity index (χ0) is 17.2. The van der Waals surface area contributed by atoms with Gasteiger partial charge in [0.15, 0.2) is 0 Å². The molecule has 128 valence electrons. The molecule has 3 aromatic rings. The lowest BCUT2D eigenvalue weighted by atomic mass is 10.2. The van der Waals surface area contributed by atoms with Crippen molar-refractivity contribution in [1.82, 2.24) is 24.8 Å². The fourth-order valence-corrected chi connectivity index (χ4v) is 3.01. The van der Waals surface area contributed by atoms with E-state index in [4.69, 9.17) is 4.74 Å². The summed E-state index contributed by atoms with van der Waals surface area (Å²) in [6.07, 6.45) is 5.12. The average Bonchev–Trinajstić information content (AvgIpc) is 3.12. The molecule has 4 heterocycles. The third kappa shape index (κ3) is 2.86. The first kappa shape index (κ1) is 15.4. The number of anilines is 1. The quantitative estimate of drug-likeness (QED) is 0.775. The maximum atomic E-state index is 12.8. The minimum Gasteiger partial charge on any atom is -0.481 e. The number of aromatic nitrogens is 4. The lowest BCUT2D eigenvalue weighted by Gasteiger charge is -2.34. The zero-order valence-corrected chi connectivity index (χ0v) is 13.8. The molecule has 0 atom stereocenters. The van der Waals surface area contributed by atoms with Crippen LogP contribution in [0.3, 0.4) is 0 Å². The first-order valence-corrected chi connectivity index (χ1v) is 8.09. The summed E-state index contributed by atoms with van der Waals surface area (Å²) in [5.41, 5.74) is 1.39. The van der Waals surface area contributed by atoms with Gasteiger partial charge in [0.25, 0.3) is 5.91 Å². The van der Waals surface area contributed by atoms with E-state index in [1.54, 1.807) is 31.8 Å². The fourth-order valence-electron chi connectivity index (χ4n) is 3.01. The monoisotopic (exact) mass is 338 g/mol. The summed E-state index contributed by atoms with van der Waals surface area (Å²) in [5.74, 6) is 1.18. The van der Waals surface area contributed by atoms with Gasteiger partial charge in [-0.3, -0.25) is 4.79 Å². The van der Waals surface area contributed by atoms with Crippen LogP contribution in [-0.2, 0) is 0 Å². The van der Waals surface area contributed by atoms with Crippen LogP contribution in [0.25, 0.3) is 11.0 Å². The van der Waals surface area contributed by atoms with Crippen LogP contribution in [0.5, 0.6) is 5.88 Å². The van der Waals surface area contributed by atoms with Gasteiger partial charge in [0, 0.05) is 56.2 Å². The molecule has 0 unspecified atom stereocenters. The van der Waals surface area contributed by atoms with Gasteiger partial charge in [-0.15, -0.1) is 0 Å². The second-order valence-electron chi connectivity index (χ2n) is 5.78. The number of nitrogens with zero attached hydrogens (tertiary/aromatic N) is 5. The number of amides is 1. The van der Waals surface area contributed by atoms with Crippen molar-refractivity contribution in [2.24, 2.45) is 0 Å². The highest BCUT2D eigenvalue weighted by Crippen LogP contribution is 2.20. The third-order valence-corrected chi connectivity index (χ3v) is 4.36. The number of piperazine rings is 1. The van der Waals surface area contributed by atoms with E-state index in [2.05, 4.69) is 24.8 Å². The van der Waals surface area contributed by atoms with E-state index >= 15 is 0 Å². The Morgan fingerprint density at radius 2 is 2.00 bits per heavy atom. The lowest BCUT2D eigenvalue weighted by Crippen LogP contribution is -2.49. The molecule has 1 amide bonds. The molecule has 0 bridgehead atoms. The number of rotatable bonds is 3. The molecule has 0 radical (unpaired) electrons. The van der Waals surface area contributed by atoms with Gasteiger partial charge in [0.1, 0.15) is 5.65 Å². The Bertz CT molecular complexity index is 901. The van der Waals surface area contributed by atoms with Crippen molar-refractivity contribution in [2.45, 2.75) is 0 Å². The van der Waals surface area contributed by atoms with Gasteiger partial charge in [-0.05, 0) is 12.1 Å². The maximum absolute atomic E-state index is 12.8. The second-order valence-corrected chi connectivity index (χ2v) is 5.78. The van der Waals surface area contributed by atoms with Crippen molar-refractivity contribution in [1.29, 1.82) is 0 Å². The Labute approximate surface area is 144 Å². The molecular weight excluding hydrogens is 320 g/mol. The summed E-state index contributed by atoms with van der Waals surface area (Å²) in [4.78, 5) is 32.7. The van der Waals surface area contributed by atoms with Crippen LogP contribution in [0.15, 0.2) is 36.8 Å². The molecule has 4 rings (SSSR count). The number of aromatic amines is 1. The smallest absolute Gasteiger partial charge is 0.256 e. The van der Waals surface area contributed by atoms with E-state index in [0.717, 1.165) is 11.0 Å². The van der Waals surface area contributed by atoms with Crippen molar-refractivity contribution in [3.63, 3.8) is 0 Å². The highest BCUT2D eigenvalue weighted by atomic mass is 16.5. The number of fused-ring (bicyclic) bond motifs is 1. The highest BCUT2D eigenvalue weighted by molar-refractivity contribution is 6.05. The van der Waals surface area contributed by atoms with Crippen LogP contribution in [0.1, 0.15) is 10.4 Å². The normalized spacial score (nSPS) is 14.8. The highest BCUT2D eigenvalue weighted by Gasteiger charge is 2.25. The van der Waals surface area contributed by atoms with E-state index in [0.29, 0.717) is 43.6 Å². The van der Waals surface area contributed by atoms with Crippen LogP contribution in [0.4, 0.5) is 5.95 Å². The topological polar surface area (TPSA) is 87.2 Å². The van der Waals surface area contributed by atoms with E-state index in [1.807, 2.05) is 17.0 Å². The Morgan fingerprint density at radius 3 is 2.80 bits per heavy atom. The third-order valence-electron chi connectivity index (χ3n) is 4.36. The summed E-state index contributed by atoms with van der Waals surface area (Å²) in [7, 11) is 1.58. The number of carbonyl (C=O) groups excluding carboxylic acids is 1. The minimum atomic E-state index is 0.0189. The summed E-state index contributed by atoms with van der Waals surface area (Å²) < 4.78 is 5.14. The summed E-state index contributed by atoms with van der Waals surface area (Å²) in [6.45, 7) is 2.59. The molecule has 1 N–H and O–H groups in total. The van der Waals surface area contributed by atoms with Crippen molar-refractivity contribution >= 4 is 22.9 Å². The molecule has 0 aromatic carbocycles. The van der Waals surface area contributed by atoms with E-state index < -0.39 is 0 Å². The summed E-state index contributed by atoms with van der Waals surface area (Å²) in [6, 6.07) is 5.46. The molecule has 8 nitrogen and oxygen atoms in total. The van der Waals surface area contributed by atoms with Gasteiger partial charge in [-0.25, -0.2) is 9.97 Å². The van der Waals surface area contributed by atoms with E-state index in [1.165, 1.54) is 0 Å². The van der Waals surface area contributed by atoms with Gasteiger partial charge in [-0.1, -0.05) is 0 Å². The molecule has 0 aliphatic carbocycles. The average molecular weight is 338 g/mol. The molecule has 25 heavy (non-hydrogen) atoms. The van der Waals surface area contributed by atoms with E-state index in [9.17, 15) is 4.79 Å². The zero-order valence-electron chi connectivity index (χ0n) is 13.8. The number of ether oxygens (including phenoxy) is 1. The summed E-state index contributed by atoms with van der Waals surface area (Å²) in [5, 5.41) is 0.853. The minimum absolute atomic E-state index is 0.0189. The number of nitrogens with one attached hydrogen (secondary N) is 1. The van der Waals surface area contributed by atoms with Crippen LogP contribution in [0, 0.1) is 0 Å². The van der Waals surface area contributed by atoms with Gasteiger partial charge >= 0.3 is 0 Å². The molecule has 1 saturated heterocycles. The van der Waals surface area contributed by atoms with Crippen LogP contribution in [-0.4, -0.2) is 64.0 Å². The van der Waals surface area contributed by atoms with Crippen LogP contribution >= 0.6 is 0 Å². The second kappa shape index (κ2) is 6.39. The number of pyridine rings is 1. The largest absolute Gasteiger partial charge is 0.481 e. The molecule has 0 spiro atoms. The van der Waals surface area contributed by atoms with Gasteiger partial charge in [0.2, 0.25) is 11.8 Å². The van der Waals surface area contributed by atoms with Gasteiger partial charge < -0.3 is 19.5 Å². The van der Waals surface area contributed by atoms with Crippen LogP contribution < -0.4 is 9.64 Å². The van der Waals surface area contributed by atoms with Gasteiger partial charge in [0.05, 0.1) is 12.7 Å². The maximum Gasteiger partial charge on any atom is 0.256 e. The van der Waals surface area contributed by atoms with Gasteiger partial charge in [-0.2, -0.15) is 4.98 Å². The Kier molecular flexibility index (Phi) is 3.93. The standard InChI is InChI=1S/C17H18N6O2/c1-25-14-4-6-19-17(21-14)23-9-7-22(8-10-23)16(24)13-11-20-15-12(13)3-2-5-18-15/h2-6,11H,7-10H2,1H3,(H,18,20). The SMILES string of the molecule is COc1ccnc(N2CCN(C(=O)c3c[nH]c4ncccc34)CC2)n1. The molecule has 3 aromatic heterocycles. The molecule has 1 aliphatic rings. The molecule has 1 fully saturated rings. The predicted molar refractivity (Wildman–Crippen MR) is 92.8 cm³/mol. The molecular formula is C17H18N6O2. The molecule has 1 aliphatic heterocycles. The number of hydrogen-bond acceptors (Lipinski definition) is 6. The van der Waals surface area contributed by atoms with Crippen LogP contribution in [0.2, 0.25) is 0 Å². The molecule has 8 heteroatoms. The Morgan fingerprint density at radius 1 is 1.16 bits per heavy atom. The van der Waals surface area contributed by atoms with E-state index in [-0.39, 0.29) is 5.91 Å². The molecule has 0 saturated carbocycles. The number of H-pyrrole nitrogens is 1. The summed E-state index contributed by atoms with van der Waals surface area (Å²) >= 11 is 0. The first-order chi connectivity index (χ1) is 12.3.